The zero-order valence-corrected chi connectivity index (χ0v) is 10.1. The highest BCUT2D eigenvalue weighted by Crippen LogP contribution is 2.18. The Labute approximate surface area is 97.1 Å². The third-order valence-electron chi connectivity index (χ3n) is 2.79. The molecule has 1 fully saturated rings. The predicted octanol–water partition coefficient (Wildman–Crippen LogP) is 2.64. The number of nitrogens with one attached hydrogen (secondary N) is 1. The first-order valence-electron chi connectivity index (χ1n) is 5.38. The molecule has 0 aliphatic carbocycles. The van der Waals surface area contributed by atoms with Crippen LogP contribution in [0.1, 0.15) is 27.2 Å². The van der Waals surface area contributed by atoms with Gasteiger partial charge in [0.25, 0.3) is 0 Å². The molecular weight excluding hydrogens is 200 g/mol. The van der Waals surface area contributed by atoms with E-state index in [2.05, 4.69) is 18.1 Å². The van der Waals surface area contributed by atoms with Gasteiger partial charge in [-0.3, -0.25) is 0 Å². The van der Waals surface area contributed by atoms with Gasteiger partial charge in [-0.05, 0) is 44.4 Å². The smallest absolute Gasteiger partial charge is 0.0994 e. The number of nitrogens with zero attached hydrogens (tertiary/aromatic N) is 1. The molecule has 3 nitrogen and oxygen atoms in total. The molecule has 0 aromatic rings. The zero-order valence-electron chi connectivity index (χ0n) is 10.1. The van der Waals surface area contributed by atoms with Crippen molar-refractivity contribution in [3.05, 3.63) is 34.9 Å². The summed E-state index contributed by atoms with van der Waals surface area (Å²) in [5.74, 6) is 0. The van der Waals surface area contributed by atoms with E-state index in [0.29, 0.717) is 12.2 Å². The Morgan fingerprint density at radius 3 is 2.62 bits per heavy atom. The van der Waals surface area contributed by atoms with E-state index in [0.717, 1.165) is 23.1 Å². The molecule has 0 radical (unpaired) electrons. The van der Waals surface area contributed by atoms with Gasteiger partial charge in [0.15, 0.2) is 0 Å². The summed E-state index contributed by atoms with van der Waals surface area (Å²) in [6.07, 6.45) is 2.75. The molecule has 1 heterocycles. The van der Waals surface area contributed by atoms with Crippen molar-refractivity contribution in [3.8, 4) is 6.07 Å². The number of hydrogen-bond acceptors (Lipinski definition) is 3. The van der Waals surface area contributed by atoms with Gasteiger partial charge in [-0.15, -0.1) is 0 Å². The molecule has 0 spiro atoms. The van der Waals surface area contributed by atoms with Crippen LogP contribution < -0.4 is 5.48 Å². The molecule has 16 heavy (non-hydrogen) atoms. The van der Waals surface area contributed by atoms with Gasteiger partial charge in [-0.1, -0.05) is 12.2 Å². The van der Waals surface area contributed by atoms with Gasteiger partial charge >= 0.3 is 0 Å². The van der Waals surface area contributed by atoms with Crippen molar-refractivity contribution < 1.29 is 4.84 Å². The van der Waals surface area contributed by atoms with E-state index in [1.54, 1.807) is 0 Å². The van der Waals surface area contributed by atoms with Gasteiger partial charge in [0, 0.05) is 0 Å². The molecule has 0 aromatic heterocycles. The Morgan fingerprint density at radius 2 is 2.19 bits per heavy atom. The summed E-state index contributed by atoms with van der Waals surface area (Å²) in [7, 11) is 0. The highest BCUT2D eigenvalue weighted by Gasteiger charge is 2.17. The first-order valence-corrected chi connectivity index (χ1v) is 5.38. The van der Waals surface area contributed by atoms with Crippen molar-refractivity contribution in [2.75, 3.05) is 6.61 Å². The fraction of sp³-hybridized carbons (Fsp3) is 0.462. The maximum Gasteiger partial charge on any atom is 0.0994 e. The molecule has 0 saturated carbocycles. The van der Waals surface area contributed by atoms with Crippen LogP contribution in [-0.2, 0) is 4.84 Å². The number of allylic oxidation sites excluding steroid dienone is 3. The summed E-state index contributed by atoms with van der Waals surface area (Å²) in [4.78, 5) is 5.07. The van der Waals surface area contributed by atoms with Gasteiger partial charge in [-0.25, -0.2) is 0 Å². The molecule has 1 saturated heterocycles. The maximum absolute atomic E-state index is 9.09. The van der Waals surface area contributed by atoms with Crippen LogP contribution in [0.25, 0.3) is 0 Å². The normalized spacial score (nSPS) is 20.4. The van der Waals surface area contributed by atoms with E-state index >= 15 is 0 Å². The number of rotatable bonds is 3. The van der Waals surface area contributed by atoms with Crippen molar-refractivity contribution in [2.24, 2.45) is 0 Å². The molecule has 0 unspecified atom stereocenters. The van der Waals surface area contributed by atoms with Gasteiger partial charge in [0.05, 0.1) is 24.3 Å². The first-order chi connectivity index (χ1) is 7.56. The second-order valence-electron chi connectivity index (χ2n) is 4.18. The molecule has 1 aliphatic rings. The van der Waals surface area contributed by atoms with Crippen molar-refractivity contribution in [1.29, 1.82) is 5.26 Å². The van der Waals surface area contributed by atoms with E-state index in [-0.39, 0.29) is 6.04 Å². The van der Waals surface area contributed by atoms with Gasteiger partial charge in [0.2, 0.25) is 0 Å². The third kappa shape index (κ3) is 3.06. The maximum atomic E-state index is 9.09. The van der Waals surface area contributed by atoms with E-state index in [4.69, 9.17) is 10.1 Å². The van der Waals surface area contributed by atoms with E-state index in [1.165, 1.54) is 0 Å². The number of nitriles is 1. The second kappa shape index (κ2) is 5.64. The third-order valence-corrected chi connectivity index (χ3v) is 2.79. The predicted molar refractivity (Wildman–Crippen MR) is 64.4 cm³/mol. The van der Waals surface area contributed by atoms with Gasteiger partial charge < -0.3 is 4.84 Å². The van der Waals surface area contributed by atoms with Crippen molar-refractivity contribution >= 4 is 0 Å². The fourth-order valence-electron chi connectivity index (χ4n) is 1.44. The lowest BCUT2D eigenvalue weighted by atomic mass is 9.99. The molecule has 0 aromatic carbocycles. The molecule has 1 atom stereocenters. The minimum Gasteiger partial charge on any atom is -0.301 e. The van der Waals surface area contributed by atoms with Gasteiger partial charge in [0.1, 0.15) is 0 Å². The number of hydrogen-bond donors (Lipinski definition) is 1. The summed E-state index contributed by atoms with van der Waals surface area (Å²) in [5, 5.41) is 9.09. The highest BCUT2D eigenvalue weighted by atomic mass is 16.7. The zero-order chi connectivity index (χ0) is 12.1. The SMILES string of the molecule is C=C(/C=C(/C#N)C(C)=C(C)C)[C@@H]1CCON1. The molecule has 1 rings (SSSR count). The Hall–Kier alpha value is -1.37. The van der Waals surface area contributed by atoms with Crippen LogP contribution in [-0.4, -0.2) is 12.6 Å². The Morgan fingerprint density at radius 1 is 1.50 bits per heavy atom. The first kappa shape index (κ1) is 12.7. The topological polar surface area (TPSA) is 45.0 Å². The summed E-state index contributed by atoms with van der Waals surface area (Å²) in [5.41, 5.74) is 6.63. The average Bonchev–Trinajstić information content (AvgIpc) is 2.77. The van der Waals surface area contributed by atoms with Crippen molar-refractivity contribution in [2.45, 2.75) is 33.2 Å². The van der Waals surface area contributed by atoms with Crippen LogP contribution in [0, 0.1) is 11.3 Å². The van der Waals surface area contributed by atoms with Crippen LogP contribution in [0.3, 0.4) is 0 Å². The Bertz CT molecular complexity index is 375. The van der Waals surface area contributed by atoms with Crippen LogP contribution in [0.15, 0.2) is 34.9 Å². The molecule has 86 valence electrons. The van der Waals surface area contributed by atoms with E-state index in [1.807, 2.05) is 26.8 Å². The molecule has 0 amide bonds. The molecular formula is C13H18N2O. The molecule has 0 bridgehead atoms. The lowest BCUT2D eigenvalue weighted by Crippen LogP contribution is -2.21. The van der Waals surface area contributed by atoms with Crippen LogP contribution in [0.5, 0.6) is 0 Å². The van der Waals surface area contributed by atoms with Crippen LogP contribution in [0.2, 0.25) is 0 Å². The van der Waals surface area contributed by atoms with Crippen molar-refractivity contribution in [3.63, 3.8) is 0 Å². The minimum absolute atomic E-state index is 0.133. The lowest BCUT2D eigenvalue weighted by molar-refractivity contribution is 0.0934. The van der Waals surface area contributed by atoms with Crippen molar-refractivity contribution in [1.82, 2.24) is 5.48 Å². The largest absolute Gasteiger partial charge is 0.301 e. The number of hydroxylamine groups is 1. The minimum atomic E-state index is 0.133. The van der Waals surface area contributed by atoms with Crippen LogP contribution in [0.4, 0.5) is 0 Å². The highest BCUT2D eigenvalue weighted by molar-refractivity contribution is 5.47. The molecule has 1 aliphatic heterocycles. The monoisotopic (exact) mass is 218 g/mol. The van der Waals surface area contributed by atoms with E-state index in [9.17, 15) is 0 Å². The standard InChI is InChI=1S/C13H18N2O/c1-9(2)11(4)12(8-14)7-10(3)13-5-6-16-15-13/h7,13,15H,3,5-6H2,1-2,4H3/b12-7-/t13-/m0/s1. The molecule has 1 N–H and O–H groups in total. The van der Waals surface area contributed by atoms with Crippen LogP contribution >= 0.6 is 0 Å². The summed E-state index contributed by atoms with van der Waals surface area (Å²) in [6.45, 7) is 10.6. The summed E-state index contributed by atoms with van der Waals surface area (Å²) in [6, 6.07) is 2.34. The average molecular weight is 218 g/mol. The second-order valence-corrected chi connectivity index (χ2v) is 4.18. The summed E-state index contributed by atoms with van der Waals surface area (Å²) >= 11 is 0. The Balaban J connectivity index is 2.85. The lowest BCUT2D eigenvalue weighted by Gasteiger charge is -2.09. The summed E-state index contributed by atoms with van der Waals surface area (Å²) < 4.78 is 0. The molecule has 3 heteroatoms. The fourth-order valence-corrected chi connectivity index (χ4v) is 1.44. The van der Waals surface area contributed by atoms with Gasteiger partial charge in [-0.2, -0.15) is 10.7 Å². The Kier molecular flexibility index (Phi) is 4.48. The van der Waals surface area contributed by atoms with E-state index < -0.39 is 0 Å². The quantitative estimate of drug-likeness (QED) is 0.585.